The molecule has 0 bridgehead atoms. The van der Waals surface area contributed by atoms with Crippen LogP contribution in [-0.4, -0.2) is 51.9 Å². The van der Waals surface area contributed by atoms with Crippen LogP contribution in [0.1, 0.15) is 22.5 Å². The molecule has 1 aromatic carbocycles. The fourth-order valence-corrected chi connectivity index (χ4v) is 3.52. The molecular weight excluding hydrogens is 390 g/mol. The summed E-state index contributed by atoms with van der Waals surface area (Å²) in [5.41, 5.74) is 4.13. The van der Waals surface area contributed by atoms with Gasteiger partial charge in [0.25, 0.3) is 5.69 Å². The number of aromatic nitrogens is 2. The van der Waals surface area contributed by atoms with Crippen LogP contribution in [0.15, 0.2) is 67.0 Å². The van der Waals surface area contributed by atoms with Gasteiger partial charge in [-0.25, -0.2) is 0 Å². The molecule has 3 aromatic rings. The summed E-state index contributed by atoms with van der Waals surface area (Å²) in [6.07, 6.45) is 5.28. The minimum absolute atomic E-state index is 0.142. The van der Waals surface area contributed by atoms with E-state index in [2.05, 4.69) is 25.8 Å². The normalized spacial score (nSPS) is 11.2. The molecule has 31 heavy (non-hydrogen) atoms. The van der Waals surface area contributed by atoms with Crippen molar-refractivity contribution in [1.29, 1.82) is 0 Å². The number of pyridine rings is 2. The number of benzene rings is 1. The lowest BCUT2D eigenvalue weighted by Gasteiger charge is -2.19. The second-order valence-corrected chi connectivity index (χ2v) is 7.88. The van der Waals surface area contributed by atoms with Crippen molar-refractivity contribution in [2.45, 2.75) is 25.9 Å². The maximum absolute atomic E-state index is 11.5. The Hall–Kier alpha value is -3.16. The van der Waals surface area contributed by atoms with Crippen LogP contribution in [0.4, 0.5) is 5.69 Å². The third-order valence-electron chi connectivity index (χ3n) is 5.10. The zero-order chi connectivity index (χ0) is 22.1. The molecule has 2 heterocycles. The lowest BCUT2D eigenvalue weighted by Crippen LogP contribution is -2.22. The lowest BCUT2D eigenvalue weighted by molar-refractivity contribution is -0.385. The number of hydrogen-bond donors (Lipinski definition) is 0. The van der Waals surface area contributed by atoms with Crippen molar-refractivity contribution in [3.05, 3.63) is 99.6 Å². The monoisotopic (exact) mass is 419 g/mol. The van der Waals surface area contributed by atoms with Gasteiger partial charge >= 0.3 is 0 Å². The van der Waals surface area contributed by atoms with E-state index in [1.54, 1.807) is 24.5 Å². The van der Waals surface area contributed by atoms with Crippen molar-refractivity contribution < 1.29 is 4.92 Å². The van der Waals surface area contributed by atoms with Gasteiger partial charge in [0.15, 0.2) is 0 Å². The number of likely N-dealkylation sites (N-methyl/N-ethyl adjacent to an activating group) is 2. The molecule has 0 fully saturated rings. The van der Waals surface area contributed by atoms with Gasteiger partial charge in [0.2, 0.25) is 0 Å². The Morgan fingerprint density at radius 3 is 1.68 bits per heavy atom. The Morgan fingerprint density at radius 1 is 0.806 bits per heavy atom. The van der Waals surface area contributed by atoms with Crippen LogP contribution < -0.4 is 0 Å². The van der Waals surface area contributed by atoms with E-state index in [4.69, 9.17) is 0 Å². The van der Waals surface area contributed by atoms with Crippen LogP contribution in [0.5, 0.6) is 0 Å². The second kappa shape index (κ2) is 11.3. The van der Waals surface area contributed by atoms with E-state index in [0.717, 1.165) is 48.4 Å². The quantitative estimate of drug-likeness (QED) is 0.348. The van der Waals surface area contributed by atoms with Crippen LogP contribution >= 0.6 is 0 Å². The van der Waals surface area contributed by atoms with E-state index in [-0.39, 0.29) is 10.6 Å². The highest BCUT2D eigenvalue weighted by Gasteiger charge is 2.13. The smallest absolute Gasteiger partial charge is 0.270 e. The fourth-order valence-electron chi connectivity index (χ4n) is 3.52. The fraction of sp³-hybridized carbons (Fsp3) is 0.333. The van der Waals surface area contributed by atoms with Crippen LogP contribution in [0, 0.1) is 10.1 Å². The van der Waals surface area contributed by atoms with E-state index in [1.807, 2.05) is 50.5 Å². The number of nitro groups is 1. The SMILES string of the molecule is CN(CCc1ccccn1)Cc1cc(CN(C)CCc2ccccn2)cc([N+](=O)[O-])c1. The average Bonchev–Trinajstić information content (AvgIpc) is 2.77. The zero-order valence-electron chi connectivity index (χ0n) is 18.1. The molecule has 0 radical (unpaired) electrons. The number of nitrogens with zero attached hydrogens (tertiary/aromatic N) is 5. The largest absolute Gasteiger partial charge is 0.302 e. The molecule has 0 N–H and O–H groups in total. The van der Waals surface area contributed by atoms with Gasteiger partial charge in [-0.1, -0.05) is 18.2 Å². The first-order valence-electron chi connectivity index (χ1n) is 10.4. The molecule has 7 nitrogen and oxygen atoms in total. The zero-order valence-corrected chi connectivity index (χ0v) is 18.1. The second-order valence-electron chi connectivity index (χ2n) is 7.88. The minimum atomic E-state index is -0.311. The van der Waals surface area contributed by atoms with E-state index < -0.39 is 0 Å². The molecule has 0 aliphatic carbocycles. The molecule has 7 heteroatoms. The molecule has 0 aliphatic rings. The topological polar surface area (TPSA) is 75.4 Å². The van der Waals surface area contributed by atoms with Gasteiger partial charge in [0.05, 0.1) is 4.92 Å². The van der Waals surface area contributed by atoms with Gasteiger partial charge < -0.3 is 9.80 Å². The molecule has 0 atom stereocenters. The number of non-ortho nitro benzene ring substituents is 1. The lowest BCUT2D eigenvalue weighted by atomic mass is 10.1. The Balaban J connectivity index is 1.60. The maximum atomic E-state index is 11.5. The third-order valence-corrected chi connectivity index (χ3v) is 5.10. The number of rotatable bonds is 11. The average molecular weight is 420 g/mol. The third kappa shape index (κ3) is 7.55. The van der Waals surface area contributed by atoms with Crippen molar-refractivity contribution in [3.8, 4) is 0 Å². The molecule has 0 aliphatic heterocycles. The highest BCUT2D eigenvalue weighted by molar-refractivity contribution is 5.39. The van der Waals surface area contributed by atoms with Gasteiger partial charge in [-0.2, -0.15) is 0 Å². The van der Waals surface area contributed by atoms with Gasteiger partial charge in [-0.05, 0) is 49.5 Å². The van der Waals surface area contributed by atoms with E-state index in [0.29, 0.717) is 13.1 Å². The first-order valence-corrected chi connectivity index (χ1v) is 10.4. The summed E-state index contributed by atoms with van der Waals surface area (Å²) in [5, 5.41) is 11.5. The van der Waals surface area contributed by atoms with Crippen molar-refractivity contribution >= 4 is 5.69 Å². The standard InChI is InChI=1S/C24H29N5O2/c1-27(13-9-22-7-3-5-11-25-22)18-20-15-21(17-24(16-20)29(30)31)19-28(2)14-10-23-8-4-6-12-26-23/h3-8,11-12,15-17H,9-10,13-14,18-19H2,1-2H3. The summed E-state index contributed by atoms with van der Waals surface area (Å²) in [7, 11) is 4.06. The molecule has 162 valence electrons. The first-order chi connectivity index (χ1) is 15.0. The molecule has 3 rings (SSSR count). The predicted octanol–water partition coefficient (Wildman–Crippen LogP) is 3.73. The van der Waals surface area contributed by atoms with Crippen LogP contribution in [0.2, 0.25) is 0 Å². The van der Waals surface area contributed by atoms with Crippen LogP contribution in [0.3, 0.4) is 0 Å². The summed E-state index contributed by atoms with van der Waals surface area (Å²) in [6, 6.07) is 17.2. The summed E-state index contributed by atoms with van der Waals surface area (Å²) < 4.78 is 0. The van der Waals surface area contributed by atoms with Crippen molar-refractivity contribution in [2.24, 2.45) is 0 Å². The molecule has 0 unspecified atom stereocenters. The molecule has 2 aromatic heterocycles. The van der Waals surface area contributed by atoms with Gasteiger partial charge in [-0.15, -0.1) is 0 Å². The van der Waals surface area contributed by atoms with Gasteiger partial charge in [-0.3, -0.25) is 20.1 Å². The van der Waals surface area contributed by atoms with Crippen LogP contribution in [0.25, 0.3) is 0 Å². The highest BCUT2D eigenvalue weighted by Crippen LogP contribution is 2.20. The summed E-state index contributed by atoms with van der Waals surface area (Å²) in [4.78, 5) is 24.2. The summed E-state index contributed by atoms with van der Waals surface area (Å²) in [6.45, 7) is 2.97. The molecule has 0 saturated carbocycles. The molecule has 0 amide bonds. The van der Waals surface area contributed by atoms with E-state index >= 15 is 0 Å². The highest BCUT2D eigenvalue weighted by atomic mass is 16.6. The van der Waals surface area contributed by atoms with Crippen LogP contribution in [-0.2, 0) is 25.9 Å². The Kier molecular flexibility index (Phi) is 8.20. The van der Waals surface area contributed by atoms with Crippen molar-refractivity contribution in [3.63, 3.8) is 0 Å². The maximum Gasteiger partial charge on any atom is 0.270 e. The Bertz CT molecular complexity index is 896. The van der Waals surface area contributed by atoms with E-state index in [1.165, 1.54) is 0 Å². The predicted molar refractivity (Wildman–Crippen MR) is 122 cm³/mol. The summed E-state index contributed by atoms with van der Waals surface area (Å²) >= 11 is 0. The molecule has 0 spiro atoms. The Morgan fingerprint density at radius 2 is 1.29 bits per heavy atom. The van der Waals surface area contributed by atoms with Crippen molar-refractivity contribution in [1.82, 2.24) is 19.8 Å². The van der Waals surface area contributed by atoms with Crippen molar-refractivity contribution in [2.75, 3.05) is 27.2 Å². The number of nitro benzene ring substituents is 1. The summed E-state index contributed by atoms with van der Waals surface area (Å²) in [5.74, 6) is 0. The Labute approximate surface area is 183 Å². The molecule has 0 saturated heterocycles. The first kappa shape index (κ1) is 22.5. The van der Waals surface area contributed by atoms with Gasteiger partial charge in [0.1, 0.15) is 0 Å². The minimum Gasteiger partial charge on any atom is -0.302 e. The van der Waals surface area contributed by atoms with Gasteiger partial charge in [0, 0.05) is 74.9 Å². The number of hydrogen-bond acceptors (Lipinski definition) is 6. The molecular formula is C24H29N5O2. The van der Waals surface area contributed by atoms with E-state index in [9.17, 15) is 10.1 Å².